The zero-order valence-electron chi connectivity index (χ0n) is 26.0. The number of aliphatic carboxylic acids is 2. The fraction of sp³-hybridized carbons (Fsp3) is 0.885. The predicted octanol–water partition coefficient (Wildman–Crippen LogP) is -9.45. The molecule has 1 amide bonds. The number of carboxylic acids is 2. The van der Waals surface area contributed by atoms with Crippen molar-refractivity contribution >= 4 is 17.8 Å². The predicted molar refractivity (Wildman–Crippen MR) is 149 cm³/mol. The van der Waals surface area contributed by atoms with E-state index in [0.29, 0.717) is 0 Å². The molecule has 0 radical (unpaired) electrons. The molecule has 24 nitrogen and oxygen atoms in total. The van der Waals surface area contributed by atoms with E-state index in [1.54, 1.807) is 0 Å². The van der Waals surface area contributed by atoms with Crippen LogP contribution in [0.1, 0.15) is 6.92 Å². The molecule has 20 atom stereocenters. The fourth-order valence-electron chi connectivity index (χ4n) is 5.94. The minimum atomic E-state index is -2.23. The van der Waals surface area contributed by atoms with Gasteiger partial charge in [-0.15, -0.1) is 0 Å². The van der Waals surface area contributed by atoms with Crippen molar-refractivity contribution in [3.63, 3.8) is 0 Å². The average molecular weight is 735 g/mol. The number of carbonyl (C=O) groups is 3. The van der Waals surface area contributed by atoms with Crippen LogP contribution in [-0.2, 0) is 47.5 Å². The van der Waals surface area contributed by atoms with Crippen LogP contribution in [0.3, 0.4) is 0 Å². The first-order valence-corrected chi connectivity index (χ1v) is 15.2. The standard InChI is InChI=1S/C26H42N2O22/c1-4(31)28-8-10(33)17(47-25-14(37)11(34)12(35)19(49-25)21(39)40)6(3-30)45-24(8)48-18-13(36)15(38)26(50-20(18)22(41)42)46-16-5(2-29)44-23(43)7(27)9(16)32/h5-20,23-26,29-30,32-38,43H,2-3,27H2,1H3,(H,28,31)(H,39,40)(H,41,42)/t5-,6-,7-,8-,9-,10-,11+,12+,13-,14-,15-,16-,17-,18+,19+,20-,23+,24-,25-,26-/m1/s1. The zero-order chi connectivity index (χ0) is 37.4. The second-order valence-electron chi connectivity index (χ2n) is 12.0. The lowest BCUT2D eigenvalue weighted by Gasteiger charge is -2.49. The van der Waals surface area contributed by atoms with E-state index < -0.39 is 154 Å². The molecule has 0 unspecified atom stereocenters. The first-order valence-electron chi connectivity index (χ1n) is 15.2. The molecule has 4 aliphatic rings. The molecule has 0 bridgehead atoms. The summed E-state index contributed by atoms with van der Waals surface area (Å²) in [6.45, 7) is -0.884. The van der Waals surface area contributed by atoms with Gasteiger partial charge in [-0.1, -0.05) is 0 Å². The Balaban J connectivity index is 1.55. The van der Waals surface area contributed by atoms with Gasteiger partial charge in [0.05, 0.1) is 19.3 Å². The summed E-state index contributed by atoms with van der Waals surface area (Å²) >= 11 is 0. The van der Waals surface area contributed by atoms with Gasteiger partial charge in [0, 0.05) is 6.92 Å². The molecule has 24 heteroatoms. The smallest absolute Gasteiger partial charge is 0.335 e. The molecule has 4 saturated heterocycles. The highest BCUT2D eigenvalue weighted by molar-refractivity contribution is 5.74. The van der Waals surface area contributed by atoms with Crippen molar-refractivity contribution < 1.29 is 109 Å². The summed E-state index contributed by atoms with van der Waals surface area (Å²) in [6.07, 6.45) is -35.3. The normalized spacial score (nSPS) is 48.5. The summed E-state index contributed by atoms with van der Waals surface area (Å²) in [5.74, 6) is -4.41. The highest BCUT2D eigenvalue weighted by Crippen LogP contribution is 2.34. The van der Waals surface area contributed by atoms with Gasteiger partial charge in [0.2, 0.25) is 5.91 Å². The van der Waals surface area contributed by atoms with E-state index in [-0.39, 0.29) is 0 Å². The van der Waals surface area contributed by atoms with E-state index >= 15 is 0 Å². The van der Waals surface area contributed by atoms with Gasteiger partial charge in [0.25, 0.3) is 0 Å². The Hall–Kier alpha value is -2.31. The Bertz CT molecular complexity index is 1180. The van der Waals surface area contributed by atoms with Crippen molar-refractivity contribution in [1.29, 1.82) is 0 Å². The third kappa shape index (κ3) is 8.17. The minimum Gasteiger partial charge on any atom is -0.479 e. The van der Waals surface area contributed by atoms with Crippen LogP contribution in [-0.4, -0.2) is 215 Å². The maximum atomic E-state index is 12.3. The molecule has 4 heterocycles. The Morgan fingerprint density at radius 3 is 1.60 bits per heavy atom. The van der Waals surface area contributed by atoms with E-state index in [1.807, 2.05) is 0 Å². The number of hydrogen-bond donors (Lipinski definition) is 14. The van der Waals surface area contributed by atoms with E-state index in [9.17, 15) is 75.7 Å². The number of amides is 1. The van der Waals surface area contributed by atoms with E-state index in [1.165, 1.54) is 0 Å². The summed E-state index contributed by atoms with van der Waals surface area (Å²) in [5, 5.41) is 125. The number of aliphatic hydroxyl groups is 10. The number of nitrogens with one attached hydrogen (secondary N) is 1. The quantitative estimate of drug-likeness (QED) is 0.0936. The van der Waals surface area contributed by atoms with Crippen molar-refractivity contribution in [3.8, 4) is 0 Å². The molecule has 4 fully saturated rings. The van der Waals surface area contributed by atoms with Crippen molar-refractivity contribution in [1.82, 2.24) is 5.32 Å². The summed E-state index contributed by atoms with van der Waals surface area (Å²) in [4.78, 5) is 35.9. The van der Waals surface area contributed by atoms with Crippen molar-refractivity contribution in [2.75, 3.05) is 13.2 Å². The van der Waals surface area contributed by atoms with Crippen LogP contribution in [0.2, 0.25) is 0 Å². The third-order valence-electron chi connectivity index (χ3n) is 8.62. The van der Waals surface area contributed by atoms with Crippen LogP contribution in [0.25, 0.3) is 0 Å². The molecule has 0 aromatic heterocycles. The Kier molecular flexibility index (Phi) is 13.4. The number of carbonyl (C=O) groups excluding carboxylic acids is 1. The molecule has 0 saturated carbocycles. The van der Waals surface area contributed by atoms with Gasteiger partial charge in [-0.25, -0.2) is 9.59 Å². The SMILES string of the molecule is CC(=O)N[C@H]1[C@@H](O[C@H]2[C@H](O)[C@@H](O)[C@H](O[C@H]3[C@H](O)[C@@H](N)[C@@H](O)O[C@@H]3CO)O[C@H]2C(=O)O)O[C@H](CO)[C@@H](O[C@@H]2O[C@H](C(=O)O)[C@@H](O)[C@H](O)[C@H]2O)[C@@H]1O. The third-order valence-corrected chi connectivity index (χ3v) is 8.62. The van der Waals surface area contributed by atoms with E-state index in [4.69, 9.17) is 38.9 Å². The summed E-state index contributed by atoms with van der Waals surface area (Å²) < 4.78 is 37.7. The average Bonchev–Trinajstić information content (AvgIpc) is 3.06. The number of nitrogens with two attached hydrogens (primary N) is 1. The Morgan fingerprint density at radius 1 is 0.600 bits per heavy atom. The molecule has 0 aromatic carbocycles. The molecule has 0 aliphatic carbocycles. The molecular weight excluding hydrogens is 692 g/mol. The summed E-state index contributed by atoms with van der Waals surface area (Å²) in [5.41, 5.74) is 5.67. The molecule has 288 valence electrons. The number of hydrogen-bond acceptors (Lipinski definition) is 21. The first-order chi connectivity index (χ1) is 23.4. The van der Waals surface area contributed by atoms with E-state index in [0.717, 1.165) is 6.92 Å². The maximum absolute atomic E-state index is 12.3. The van der Waals surface area contributed by atoms with Crippen LogP contribution >= 0.6 is 0 Å². The molecule has 50 heavy (non-hydrogen) atoms. The molecular formula is C26H42N2O22. The molecule has 4 rings (SSSR count). The summed E-state index contributed by atoms with van der Waals surface area (Å²) in [6, 6.07) is -3.23. The molecule has 4 aliphatic heterocycles. The van der Waals surface area contributed by atoms with Crippen LogP contribution in [0.15, 0.2) is 0 Å². The number of rotatable bonds is 11. The Morgan fingerprint density at radius 2 is 1.08 bits per heavy atom. The lowest BCUT2D eigenvalue weighted by atomic mass is 9.94. The highest BCUT2D eigenvalue weighted by atomic mass is 16.8. The highest BCUT2D eigenvalue weighted by Gasteiger charge is 2.57. The van der Waals surface area contributed by atoms with Crippen LogP contribution in [0.4, 0.5) is 0 Å². The van der Waals surface area contributed by atoms with E-state index in [2.05, 4.69) is 5.32 Å². The zero-order valence-corrected chi connectivity index (χ0v) is 26.0. The van der Waals surface area contributed by atoms with Gasteiger partial charge in [0.1, 0.15) is 79.3 Å². The lowest BCUT2D eigenvalue weighted by Crippen LogP contribution is -2.70. The van der Waals surface area contributed by atoms with Gasteiger partial charge in [-0.2, -0.15) is 0 Å². The van der Waals surface area contributed by atoms with Crippen molar-refractivity contribution in [3.05, 3.63) is 0 Å². The molecule has 15 N–H and O–H groups in total. The largest absolute Gasteiger partial charge is 0.479 e. The van der Waals surface area contributed by atoms with Crippen LogP contribution in [0, 0.1) is 0 Å². The number of ether oxygens (including phenoxy) is 7. The number of aliphatic hydroxyl groups excluding tert-OH is 10. The van der Waals surface area contributed by atoms with Crippen molar-refractivity contribution in [2.45, 2.75) is 130 Å². The maximum Gasteiger partial charge on any atom is 0.335 e. The van der Waals surface area contributed by atoms with Gasteiger partial charge in [-0.3, -0.25) is 4.79 Å². The van der Waals surface area contributed by atoms with Gasteiger partial charge < -0.3 is 105 Å². The summed E-state index contributed by atoms with van der Waals surface area (Å²) in [7, 11) is 0. The van der Waals surface area contributed by atoms with Crippen LogP contribution < -0.4 is 11.1 Å². The van der Waals surface area contributed by atoms with Crippen molar-refractivity contribution in [2.24, 2.45) is 5.73 Å². The lowest BCUT2D eigenvalue weighted by molar-refractivity contribution is -0.370. The van der Waals surface area contributed by atoms with Gasteiger partial charge in [-0.05, 0) is 0 Å². The molecule has 0 aromatic rings. The minimum absolute atomic E-state index is 0.843. The van der Waals surface area contributed by atoms with Gasteiger partial charge >= 0.3 is 11.9 Å². The second-order valence-corrected chi connectivity index (χ2v) is 12.0. The first kappa shape index (κ1) is 40.5. The Labute approximate surface area is 281 Å². The van der Waals surface area contributed by atoms with Gasteiger partial charge in [0.15, 0.2) is 37.4 Å². The molecule has 0 spiro atoms. The van der Waals surface area contributed by atoms with Crippen LogP contribution in [0.5, 0.6) is 0 Å². The monoisotopic (exact) mass is 734 g/mol. The second kappa shape index (κ2) is 16.6. The number of carboxylic acid groups (broad SMARTS) is 2. The topological polar surface area (TPSA) is 397 Å². The fourth-order valence-corrected chi connectivity index (χ4v) is 5.94.